The summed E-state index contributed by atoms with van der Waals surface area (Å²) in [6.07, 6.45) is 3.29. The van der Waals surface area contributed by atoms with E-state index in [9.17, 15) is 4.79 Å². The van der Waals surface area contributed by atoms with E-state index in [-0.39, 0.29) is 5.91 Å². The maximum absolute atomic E-state index is 12.4. The second-order valence-electron chi connectivity index (χ2n) is 5.30. The maximum atomic E-state index is 12.4. The predicted octanol–water partition coefficient (Wildman–Crippen LogP) is 1.73. The van der Waals surface area contributed by atoms with Gasteiger partial charge in [-0.25, -0.2) is 0 Å². The molecule has 6 nitrogen and oxygen atoms in total. The third kappa shape index (κ3) is 3.99. The first kappa shape index (κ1) is 14.9. The van der Waals surface area contributed by atoms with Gasteiger partial charge in [-0.2, -0.15) is 0 Å². The van der Waals surface area contributed by atoms with Crippen LogP contribution in [0.2, 0.25) is 0 Å². The number of amides is 1. The summed E-state index contributed by atoms with van der Waals surface area (Å²) >= 11 is 0. The second-order valence-corrected chi connectivity index (χ2v) is 5.30. The van der Waals surface area contributed by atoms with Crippen LogP contribution >= 0.6 is 0 Å². The van der Waals surface area contributed by atoms with Crippen LogP contribution in [0.4, 0.5) is 0 Å². The van der Waals surface area contributed by atoms with Crippen molar-refractivity contribution in [2.24, 2.45) is 0 Å². The Morgan fingerprint density at radius 3 is 2.14 bits per heavy atom. The average Bonchev–Trinajstić information content (AvgIpc) is 3.22. The zero-order valence-corrected chi connectivity index (χ0v) is 12.4. The molecule has 1 aliphatic heterocycles. The molecule has 3 heterocycles. The SMILES string of the molecule is O=C(CN(Cc1ccco1)Cc1ccco1)N1CCOCC1. The first-order valence-corrected chi connectivity index (χ1v) is 7.44. The van der Waals surface area contributed by atoms with E-state index in [0.717, 1.165) is 11.5 Å². The van der Waals surface area contributed by atoms with Crippen LogP contribution < -0.4 is 0 Å². The van der Waals surface area contributed by atoms with Crippen molar-refractivity contribution in [1.29, 1.82) is 0 Å². The molecule has 2 aromatic rings. The molecule has 1 fully saturated rings. The number of rotatable bonds is 6. The molecule has 0 aromatic carbocycles. The van der Waals surface area contributed by atoms with Crippen molar-refractivity contribution in [3.63, 3.8) is 0 Å². The third-order valence-corrected chi connectivity index (χ3v) is 3.64. The first-order valence-electron chi connectivity index (χ1n) is 7.44. The lowest BCUT2D eigenvalue weighted by Gasteiger charge is -2.29. The van der Waals surface area contributed by atoms with Crippen molar-refractivity contribution < 1.29 is 18.4 Å². The molecule has 1 amide bonds. The van der Waals surface area contributed by atoms with E-state index in [4.69, 9.17) is 13.6 Å². The van der Waals surface area contributed by atoms with Gasteiger partial charge >= 0.3 is 0 Å². The summed E-state index contributed by atoms with van der Waals surface area (Å²) in [6, 6.07) is 7.52. The molecule has 1 aliphatic rings. The number of carbonyl (C=O) groups excluding carboxylic acids is 1. The molecule has 118 valence electrons. The Bertz CT molecular complexity index is 523. The van der Waals surface area contributed by atoms with Crippen molar-refractivity contribution in [2.75, 3.05) is 32.8 Å². The smallest absolute Gasteiger partial charge is 0.236 e. The van der Waals surface area contributed by atoms with Gasteiger partial charge in [-0.1, -0.05) is 0 Å². The van der Waals surface area contributed by atoms with Crippen LogP contribution in [0.1, 0.15) is 11.5 Å². The van der Waals surface area contributed by atoms with Crippen LogP contribution in [0.5, 0.6) is 0 Å². The van der Waals surface area contributed by atoms with Gasteiger partial charge in [0, 0.05) is 13.1 Å². The number of morpholine rings is 1. The van der Waals surface area contributed by atoms with Crippen LogP contribution in [-0.4, -0.2) is 48.6 Å². The van der Waals surface area contributed by atoms with Crippen LogP contribution in [-0.2, 0) is 22.6 Å². The Labute approximate surface area is 129 Å². The first-order chi connectivity index (χ1) is 10.8. The molecule has 0 spiro atoms. The third-order valence-electron chi connectivity index (χ3n) is 3.64. The zero-order valence-electron chi connectivity index (χ0n) is 12.4. The van der Waals surface area contributed by atoms with Gasteiger partial charge in [-0.3, -0.25) is 9.69 Å². The van der Waals surface area contributed by atoms with Crippen molar-refractivity contribution in [3.8, 4) is 0 Å². The molecule has 0 unspecified atom stereocenters. The topological polar surface area (TPSA) is 59.1 Å². The molecule has 0 aliphatic carbocycles. The van der Waals surface area contributed by atoms with Crippen LogP contribution in [0, 0.1) is 0 Å². The van der Waals surface area contributed by atoms with E-state index in [1.165, 1.54) is 0 Å². The molecule has 0 atom stereocenters. The number of ether oxygens (including phenoxy) is 1. The van der Waals surface area contributed by atoms with Crippen molar-refractivity contribution in [2.45, 2.75) is 13.1 Å². The lowest BCUT2D eigenvalue weighted by atomic mass is 10.3. The quantitative estimate of drug-likeness (QED) is 0.813. The molecule has 3 rings (SSSR count). The summed E-state index contributed by atoms with van der Waals surface area (Å²) in [4.78, 5) is 16.3. The molecule has 0 radical (unpaired) electrons. The number of carbonyl (C=O) groups is 1. The lowest BCUT2D eigenvalue weighted by molar-refractivity contribution is -0.136. The lowest BCUT2D eigenvalue weighted by Crippen LogP contribution is -2.45. The van der Waals surface area contributed by atoms with Gasteiger partial charge in [0.2, 0.25) is 5.91 Å². The van der Waals surface area contributed by atoms with E-state index < -0.39 is 0 Å². The largest absolute Gasteiger partial charge is 0.468 e. The van der Waals surface area contributed by atoms with Crippen LogP contribution in [0.25, 0.3) is 0 Å². The monoisotopic (exact) mass is 304 g/mol. The van der Waals surface area contributed by atoms with Crippen molar-refractivity contribution in [1.82, 2.24) is 9.80 Å². The summed E-state index contributed by atoms with van der Waals surface area (Å²) < 4.78 is 16.1. The summed E-state index contributed by atoms with van der Waals surface area (Å²) in [7, 11) is 0. The molecule has 0 N–H and O–H groups in total. The Kier molecular flexibility index (Phi) is 4.92. The minimum atomic E-state index is 0.112. The number of hydrogen-bond donors (Lipinski definition) is 0. The number of hydrogen-bond acceptors (Lipinski definition) is 5. The number of nitrogens with zero attached hydrogens (tertiary/aromatic N) is 2. The van der Waals surface area contributed by atoms with E-state index in [1.807, 2.05) is 34.1 Å². The summed E-state index contributed by atoms with van der Waals surface area (Å²) in [5, 5.41) is 0. The molecule has 6 heteroatoms. The maximum Gasteiger partial charge on any atom is 0.236 e. The Hall–Kier alpha value is -2.05. The van der Waals surface area contributed by atoms with Gasteiger partial charge < -0.3 is 18.5 Å². The minimum Gasteiger partial charge on any atom is -0.468 e. The second kappa shape index (κ2) is 7.29. The fourth-order valence-electron chi connectivity index (χ4n) is 2.52. The molecule has 0 bridgehead atoms. The van der Waals surface area contributed by atoms with E-state index in [1.54, 1.807) is 12.5 Å². The zero-order chi connectivity index (χ0) is 15.2. The van der Waals surface area contributed by atoms with E-state index in [0.29, 0.717) is 45.9 Å². The van der Waals surface area contributed by atoms with Gasteiger partial charge in [0.15, 0.2) is 0 Å². The summed E-state index contributed by atoms with van der Waals surface area (Å²) in [6.45, 7) is 4.03. The summed E-state index contributed by atoms with van der Waals surface area (Å²) in [5.74, 6) is 1.78. The number of furan rings is 2. The fraction of sp³-hybridized carbons (Fsp3) is 0.438. The molecular weight excluding hydrogens is 284 g/mol. The Balaban J connectivity index is 1.63. The van der Waals surface area contributed by atoms with Gasteiger partial charge in [-0.05, 0) is 24.3 Å². The molecule has 1 saturated heterocycles. The summed E-state index contributed by atoms with van der Waals surface area (Å²) in [5.41, 5.74) is 0. The Morgan fingerprint density at radius 1 is 1.05 bits per heavy atom. The highest BCUT2D eigenvalue weighted by Gasteiger charge is 2.21. The molecule has 0 saturated carbocycles. The van der Waals surface area contributed by atoms with E-state index in [2.05, 4.69) is 0 Å². The molecule has 2 aromatic heterocycles. The normalized spacial score (nSPS) is 15.4. The van der Waals surface area contributed by atoms with Gasteiger partial charge in [0.25, 0.3) is 0 Å². The minimum absolute atomic E-state index is 0.112. The fourth-order valence-corrected chi connectivity index (χ4v) is 2.52. The Morgan fingerprint density at radius 2 is 1.64 bits per heavy atom. The van der Waals surface area contributed by atoms with Crippen molar-refractivity contribution in [3.05, 3.63) is 48.3 Å². The average molecular weight is 304 g/mol. The highest BCUT2D eigenvalue weighted by molar-refractivity contribution is 5.78. The molecular formula is C16H20N2O4. The highest BCUT2D eigenvalue weighted by atomic mass is 16.5. The van der Waals surface area contributed by atoms with Crippen LogP contribution in [0.15, 0.2) is 45.6 Å². The van der Waals surface area contributed by atoms with Crippen molar-refractivity contribution >= 4 is 5.91 Å². The van der Waals surface area contributed by atoms with Gasteiger partial charge in [0.05, 0.1) is 45.4 Å². The molecule has 22 heavy (non-hydrogen) atoms. The van der Waals surface area contributed by atoms with E-state index >= 15 is 0 Å². The predicted molar refractivity (Wildman–Crippen MR) is 78.9 cm³/mol. The van der Waals surface area contributed by atoms with Crippen LogP contribution in [0.3, 0.4) is 0 Å². The standard InChI is InChI=1S/C16H20N2O4/c19-16(18-5-9-20-10-6-18)13-17(11-14-3-1-7-21-14)12-15-4-2-8-22-15/h1-4,7-8H,5-6,9-13H2. The van der Waals surface area contributed by atoms with Gasteiger partial charge in [0.1, 0.15) is 11.5 Å². The van der Waals surface area contributed by atoms with Gasteiger partial charge in [-0.15, -0.1) is 0 Å². The highest BCUT2D eigenvalue weighted by Crippen LogP contribution is 2.12.